The molecule has 0 unspecified atom stereocenters. The minimum atomic E-state index is 0.158. The molecule has 1 rings (SSSR count). The average molecular weight is 161 g/mol. The lowest BCUT2D eigenvalue weighted by atomic mass is 10.1. The summed E-state index contributed by atoms with van der Waals surface area (Å²) in [7, 11) is 0. The molecule has 0 aliphatic carbocycles. The van der Waals surface area contributed by atoms with Crippen LogP contribution in [0.15, 0.2) is 24.3 Å². The highest BCUT2D eigenvalue weighted by molar-refractivity contribution is 5.76. The van der Waals surface area contributed by atoms with Gasteiger partial charge in [0.15, 0.2) is 0 Å². The summed E-state index contributed by atoms with van der Waals surface area (Å²) in [4.78, 5) is 10.5. The second-order valence-electron chi connectivity index (χ2n) is 2.20. The van der Waals surface area contributed by atoms with Gasteiger partial charge in [-0.3, -0.25) is 4.79 Å². The van der Waals surface area contributed by atoms with Crippen molar-refractivity contribution < 1.29 is 9.53 Å². The summed E-state index contributed by atoms with van der Waals surface area (Å²) < 4.78 is 4.51. The fraction of sp³-hybridized carbons (Fsp3) is 0.111. The van der Waals surface area contributed by atoms with Crippen LogP contribution in [0.25, 0.3) is 0 Å². The minimum Gasteiger partial charge on any atom is -0.423 e. The maximum Gasteiger partial charge on any atom is 0.286 e. The molecule has 0 N–H and O–H groups in total. The molecule has 0 spiro atoms. The van der Waals surface area contributed by atoms with Gasteiger partial charge in [-0.1, -0.05) is 24.3 Å². The molecule has 1 aromatic rings. The standard InChI is InChI=1S/C9H7NO2/c10-7-12-6-9-4-2-1-3-8(9)5-11/h1-5H,6H2. The van der Waals surface area contributed by atoms with Gasteiger partial charge in [-0.05, 0) is 0 Å². The second-order valence-corrected chi connectivity index (χ2v) is 2.20. The average Bonchev–Trinajstić information content (AvgIpc) is 2.15. The molecule has 0 heterocycles. The van der Waals surface area contributed by atoms with Gasteiger partial charge in [0, 0.05) is 11.1 Å². The van der Waals surface area contributed by atoms with Crippen LogP contribution in [0.4, 0.5) is 0 Å². The van der Waals surface area contributed by atoms with Crippen LogP contribution >= 0.6 is 0 Å². The quantitative estimate of drug-likeness (QED) is 0.498. The summed E-state index contributed by atoms with van der Waals surface area (Å²) in [5.41, 5.74) is 1.29. The van der Waals surface area contributed by atoms with Crippen LogP contribution < -0.4 is 0 Å². The van der Waals surface area contributed by atoms with Crippen molar-refractivity contribution >= 4 is 6.29 Å². The predicted octanol–water partition coefficient (Wildman–Crippen LogP) is 1.50. The maximum absolute atomic E-state index is 10.5. The number of nitriles is 1. The maximum atomic E-state index is 10.5. The van der Waals surface area contributed by atoms with Crippen molar-refractivity contribution in [1.82, 2.24) is 0 Å². The van der Waals surface area contributed by atoms with Crippen LogP contribution in [-0.2, 0) is 11.3 Å². The molecule has 0 atom stereocenters. The number of benzene rings is 1. The van der Waals surface area contributed by atoms with Gasteiger partial charge in [0.25, 0.3) is 6.26 Å². The second kappa shape index (κ2) is 4.14. The number of carbonyl (C=O) groups excluding carboxylic acids is 1. The van der Waals surface area contributed by atoms with Crippen LogP contribution in [0.2, 0.25) is 0 Å². The molecule has 0 bridgehead atoms. The molecule has 0 saturated heterocycles. The Kier molecular flexibility index (Phi) is 2.86. The molecule has 0 saturated carbocycles. The largest absolute Gasteiger partial charge is 0.423 e. The molecule has 1 aromatic carbocycles. The summed E-state index contributed by atoms with van der Waals surface area (Å²) in [6.45, 7) is 0.158. The van der Waals surface area contributed by atoms with E-state index in [-0.39, 0.29) is 6.61 Å². The first-order valence-corrected chi connectivity index (χ1v) is 3.42. The van der Waals surface area contributed by atoms with E-state index < -0.39 is 0 Å². The molecule has 0 aromatic heterocycles. The van der Waals surface area contributed by atoms with E-state index in [1.54, 1.807) is 30.5 Å². The van der Waals surface area contributed by atoms with Gasteiger partial charge in [-0.15, -0.1) is 0 Å². The number of rotatable bonds is 3. The van der Waals surface area contributed by atoms with Crippen molar-refractivity contribution in [3.8, 4) is 6.26 Å². The molecule has 0 amide bonds. The molecule has 3 nitrogen and oxygen atoms in total. The predicted molar refractivity (Wildman–Crippen MR) is 42.2 cm³/mol. The lowest BCUT2D eigenvalue weighted by Crippen LogP contribution is -1.92. The van der Waals surface area contributed by atoms with Gasteiger partial charge in [-0.25, -0.2) is 0 Å². The number of hydrogen-bond donors (Lipinski definition) is 0. The summed E-state index contributed by atoms with van der Waals surface area (Å²) in [6.07, 6.45) is 2.30. The van der Waals surface area contributed by atoms with Gasteiger partial charge in [-0.2, -0.15) is 5.26 Å². The molecule has 0 radical (unpaired) electrons. The van der Waals surface area contributed by atoms with Gasteiger partial charge >= 0.3 is 0 Å². The smallest absolute Gasteiger partial charge is 0.286 e. The highest BCUT2D eigenvalue weighted by Gasteiger charge is 1.99. The number of carbonyl (C=O) groups is 1. The number of hydrogen-bond acceptors (Lipinski definition) is 3. The van der Waals surface area contributed by atoms with E-state index in [9.17, 15) is 4.79 Å². The fourth-order valence-corrected chi connectivity index (χ4v) is 0.891. The van der Waals surface area contributed by atoms with Gasteiger partial charge in [0.05, 0.1) is 0 Å². The van der Waals surface area contributed by atoms with E-state index in [0.717, 1.165) is 11.8 Å². The SMILES string of the molecule is N#COCc1ccccc1C=O. The van der Waals surface area contributed by atoms with Crippen molar-refractivity contribution in [2.24, 2.45) is 0 Å². The van der Waals surface area contributed by atoms with Crippen molar-refractivity contribution in [2.75, 3.05) is 0 Å². The van der Waals surface area contributed by atoms with E-state index in [0.29, 0.717) is 5.56 Å². The molecule has 60 valence electrons. The summed E-state index contributed by atoms with van der Waals surface area (Å²) in [5.74, 6) is 0. The topological polar surface area (TPSA) is 50.1 Å². The summed E-state index contributed by atoms with van der Waals surface area (Å²) in [6, 6.07) is 6.99. The Bertz CT molecular complexity index is 315. The summed E-state index contributed by atoms with van der Waals surface area (Å²) >= 11 is 0. The number of nitrogens with zero attached hydrogens (tertiary/aromatic N) is 1. The Balaban J connectivity index is 2.83. The van der Waals surface area contributed by atoms with Crippen molar-refractivity contribution in [2.45, 2.75) is 6.61 Å². The van der Waals surface area contributed by atoms with Crippen molar-refractivity contribution in [3.05, 3.63) is 35.4 Å². The van der Waals surface area contributed by atoms with E-state index in [2.05, 4.69) is 4.74 Å². The third kappa shape index (κ3) is 1.83. The van der Waals surface area contributed by atoms with Crippen LogP contribution in [0, 0.1) is 11.5 Å². The van der Waals surface area contributed by atoms with Gasteiger partial charge in [0.2, 0.25) is 0 Å². The normalized spacial score (nSPS) is 8.58. The van der Waals surface area contributed by atoms with E-state index in [4.69, 9.17) is 5.26 Å². The Hall–Kier alpha value is -1.82. The van der Waals surface area contributed by atoms with Crippen LogP contribution in [0.1, 0.15) is 15.9 Å². The first-order valence-electron chi connectivity index (χ1n) is 3.42. The Labute approximate surface area is 70.2 Å². The molecule has 12 heavy (non-hydrogen) atoms. The van der Waals surface area contributed by atoms with Crippen molar-refractivity contribution in [1.29, 1.82) is 5.26 Å². The third-order valence-corrected chi connectivity index (χ3v) is 1.47. The summed E-state index contributed by atoms with van der Waals surface area (Å²) in [5, 5.41) is 8.13. The first-order chi connectivity index (χ1) is 5.88. The van der Waals surface area contributed by atoms with Gasteiger partial charge in [0.1, 0.15) is 12.9 Å². The Morgan fingerprint density at radius 3 is 2.92 bits per heavy atom. The molecule has 3 heteroatoms. The number of aldehydes is 1. The van der Waals surface area contributed by atoms with Crippen molar-refractivity contribution in [3.63, 3.8) is 0 Å². The van der Waals surface area contributed by atoms with Crippen LogP contribution in [-0.4, -0.2) is 6.29 Å². The number of ether oxygens (including phenoxy) is 1. The fourth-order valence-electron chi connectivity index (χ4n) is 0.891. The van der Waals surface area contributed by atoms with E-state index in [1.807, 2.05) is 0 Å². The highest BCUT2D eigenvalue weighted by atomic mass is 16.5. The zero-order valence-electron chi connectivity index (χ0n) is 6.36. The zero-order valence-corrected chi connectivity index (χ0v) is 6.36. The molecule has 0 aliphatic rings. The van der Waals surface area contributed by atoms with Gasteiger partial charge < -0.3 is 4.74 Å². The van der Waals surface area contributed by atoms with E-state index in [1.165, 1.54) is 0 Å². The highest BCUT2D eigenvalue weighted by Crippen LogP contribution is 2.06. The molecule has 0 fully saturated rings. The molecular weight excluding hydrogens is 154 g/mol. The minimum absolute atomic E-state index is 0.158. The van der Waals surface area contributed by atoms with Crippen LogP contribution in [0.3, 0.4) is 0 Å². The van der Waals surface area contributed by atoms with Crippen LogP contribution in [0.5, 0.6) is 0 Å². The Morgan fingerprint density at radius 2 is 2.25 bits per heavy atom. The zero-order chi connectivity index (χ0) is 8.81. The first kappa shape index (κ1) is 8.28. The monoisotopic (exact) mass is 161 g/mol. The lowest BCUT2D eigenvalue weighted by Gasteiger charge is -1.99. The third-order valence-electron chi connectivity index (χ3n) is 1.47. The van der Waals surface area contributed by atoms with E-state index >= 15 is 0 Å². The lowest BCUT2D eigenvalue weighted by molar-refractivity contribution is 0.112. The Morgan fingerprint density at radius 1 is 1.50 bits per heavy atom. The molecule has 0 aliphatic heterocycles. The molecular formula is C9H7NO2.